The molecule has 0 unspecified atom stereocenters. The van der Waals surface area contributed by atoms with Gasteiger partial charge in [0.1, 0.15) is 11.6 Å². The molecule has 3 aromatic carbocycles. The number of nitrogens with zero attached hydrogens (tertiary/aromatic N) is 4. The first kappa shape index (κ1) is 28.4. The van der Waals surface area contributed by atoms with Gasteiger partial charge in [0.2, 0.25) is 0 Å². The van der Waals surface area contributed by atoms with E-state index in [9.17, 15) is 4.79 Å². The van der Waals surface area contributed by atoms with E-state index in [1.54, 1.807) is 4.68 Å². The standard InChI is InChI=1S/C35H38N6O2/c1-23-10-12-25(13-11-23)41-33(22-31(39-41)35(3,4)5)38-34(42)37-30-16-14-28(27-8-6-7-9-29(27)30)26-15-17-32(36-24(26)2)40-18-20-43-21-19-40/h6-17,22H,18-21H2,1-5H3,(H2,37,38,42). The molecule has 1 aliphatic rings. The summed E-state index contributed by atoms with van der Waals surface area (Å²) in [5.74, 6) is 1.58. The molecule has 1 aliphatic heterocycles. The van der Waals surface area contributed by atoms with Gasteiger partial charge in [-0.05, 0) is 55.1 Å². The molecule has 220 valence electrons. The highest BCUT2D eigenvalue weighted by Crippen LogP contribution is 2.35. The molecule has 3 heterocycles. The number of hydrogen-bond donors (Lipinski definition) is 2. The molecule has 0 radical (unpaired) electrons. The fourth-order valence-corrected chi connectivity index (χ4v) is 5.43. The lowest BCUT2D eigenvalue weighted by Gasteiger charge is -2.28. The lowest BCUT2D eigenvalue weighted by molar-refractivity contribution is 0.122. The van der Waals surface area contributed by atoms with Gasteiger partial charge in [-0.25, -0.2) is 14.5 Å². The monoisotopic (exact) mass is 574 g/mol. The number of fused-ring (bicyclic) bond motifs is 1. The number of morpholine rings is 1. The predicted molar refractivity (Wildman–Crippen MR) is 175 cm³/mol. The molecule has 1 saturated heterocycles. The topological polar surface area (TPSA) is 84.3 Å². The highest BCUT2D eigenvalue weighted by molar-refractivity contribution is 6.09. The van der Waals surface area contributed by atoms with Gasteiger partial charge in [0.05, 0.1) is 30.3 Å². The van der Waals surface area contributed by atoms with Crippen molar-refractivity contribution in [2.75, 3.05) is 41.8 Å². The number of amides is 2. The van der Waals surface area contributed by atoms with Crippen LogP contribution < -0.4 is 15.5 Å². The van der Waals surface area contributed by atoms with E-state index in [-0.39, 0.29) is 11.4 Å². The average Bonchev–Trinajstić information content (AvgIpc) is 3.43. The number of carbonyl (C=O) groups excluding carboxylic acids is 1. The highest BCUT2D eigenvalue weighted by atomic mass is 16.5. The quantitative estimate of drug-likeness (QED) is 0.227. The number of nitrogens with one attached hydrogen (secondary N) is 2. The summed E-state index contributed by atoms with van der Waals surface area (Å²) in [6.07, 6.45) is 0. The molecule has 8 heteroatoms. The van der Waals surface area contributed by atoms with E-state index in [0.29, 0.717) is 5.82 Å². The number of aryl methyl sites for hydroxylation is 2. The van der Waals surface area contributed by atoms with Gasteiger partial charge in [-0.1, -0.05) is 68.8 Å². The number of ether oxygens (including phenoxy) is 1. The Morgan fingerprint density at radius 2 is 1.53 bits per heavy atom. The second kappa shape index (κ2) is 11.5. The van der Waals surface area contributed by atoms with Crippen LogP contribution in [-0.2, 0) is 10.2 Å². The second-order valence-corrected chi connectivity index (χ2v) is 12.1. The van der Waals surface area contributed by atoms with Crippen molar-refractivity contribution in [2.24, 2.45) is 0 Å². The molecule has 0 spiro atoms. The molecule has 1 fully saturated rings. The van der Waals surface area contributed by atoms with Crippen molar-refractivity contribution in [3.05, 3.63) is 95.8 Å². The lowest BCUT2D eigenvalue weighted by Crippen LogP contribution is -2.36. The minimum Gasteiger partial charge on any atom is -0.378 e. The third-order valence-corrected chi connectivity index (χ3v) is 7.87. The zero-order valence-electron chi connectivity index (χ0n) is 25.4. The minimum atomic E-state index is -0.334. The smallest absolute Gasteiger partial charge is 0.324 e. The molecule has 8 nitrogen and oxygen atoms in total. The van der Waals surface area contributed by atoms with Gasteiger partial charge >= 0.3 is 6.03 Å². The molecule has 0 bridgehead atoms. The zero-order valence-corrected chi connectivity index (χ0v) is 25.4. The number of pyridine rings is 1. The van der Waals surface area contributed by atoms with Crippen molar-refractivity contribution in [3.63, 3.8) is 0 Å². The largest absolute Gasteiger partial charge is 0.378 e. The van der Waals surface area contributed by atoms with Crippen LogP contribution in [0.4, 0.5) is 22.1 Å². The Kier molecular flexibility index (Phi) is 7.62. The van der Waals surface area contributed by atoms with Crippen LogP contribution in [0.2, 0.25) is 0 Å². The van der Waals surface area contributed by atoms with E-state index in [0.717, 1.165) is 82.3 Å². The summed E-state index contributed by atoms with van der Waals surface area (Å²) >= 11 is 0. The van der Waals surface area contributed by atoms with E-state index in [1.807, 2.05) is 61.5 Å². The van der Waals surface area contributed by atoms with Crippen LogP contribution in [0.3, 0.4) is 0 Å². The SMILES string of the molecule is Cc1ccc(-n2nc(C(C)(C)C)cc2NC(=O)Nc2ccc(-c3ccc(N4CCOCC4)nc3C)c3ccccc23)cc1. The molecule has 0 atom stereocenters. The van der Waals surface area contributed by atoms with Gasteiger partial charge in [0.25, 0.3) is 0 Å². The normalized spacial score (nSPS) is 13.7. The number of benzene rings is 3. The molecule has 2 N–H and O–H groups in total. The van der Waals surface area contributed by atoms with Crippen molar-refractivity contribution in [3.8, 4) is 16.8 Å². The summed E-state index contributed by atoms with van der Waals surface area (Å²) in [6, 6.07) is 26.1. The van der Waals surface area contributed by atoms with Crippen molar-refractivity contribution in [1.82, 2.24) is 14.8 Å². The minimum absolute atomic E-state index is 0.178. The molecule has 2 amide bonds. The van der Waals surface area contributed by atoms with E-state index in [1.165, 1.54) is 0 Å². The molecule has 2 aromatic heterocycles. The summed E-state index contributed by atoms with van der Waals surface area (Å²) in [5.41, 5.74) is 6.59. The van der Waals surface area contributed by atoms with Crippen molar-refractivity contribution < 1.29 is 9.53 Å². The third kappa shape index (κ3) is 5.96. The van der Waals surface area contributed by atoms with Crippen LogP contribution in [-0.4, -0.2) is 47.1 Å². The number of hydrogen-bond acceptors (Lipinski definition) is 5. The highest BCUT2D eigenvalue weighted by Gasteiger charge is 2.22. The maximum atomic E-state index is 13.4. The summed E-state index contributed by atoms with van der Waals surface area (Å²) < 4.78 is 7.29. The first-order valence-electron chi connectivity index (χ1n) is 14.8. The van der Waals surface area contributed by atoms with Crippen molar-refractivity contribution in [1.29, 1.82) is 0 Å². The summed E-state index contributed by atoms with van der Waals surface area (Å²) in [7, 11) is 0. The fourth-order valence-electron chi connectivity index (χ4n) is 5.43. The maximum absolute atomic E-state index is 13.4. The summed E-state index contributed by atoms with van der Waals surface area (Å²) in [6.45, 7) is 13.6. The summed E-state index contributed by atoms with van der Waals surface area (Å²) in [4.78, 5) is 20.6. The van der Waals surface area contributed by atoms with E-state index >= 15 is 0 Å². The van der Waals surface area contributed by atoms with Gasteiger partial charge in [0.15, 0.2) is 0 Å². The molecule has 5 aromatic rings. The molecule has 0 saturated carbocycles. The zero-order chi connectivity index (χ0) is 30.1. The summed E-state index contributed by atoms with van der Waals surface area (Å²) in [5, 5.41) is 13.0. The van der Waals surface area contributed by atoms with Gasteiger partial charge < -0.3 is 15.0 Å². The molecule has 6 rings (SSSR count). The Morgan fingerprint density at radius 3 is 2.23 bits per heavy atom. The maximum Gasteiger partial charge on any atom is 0.324 e. The van der Waals surface area contributed by atoms with Gasteiger partial charge in [0, 0.05) is 41.2 Å². The first-order chi connectivity index (χ1) is 20.7. The van der Waals surface area contributed by atoms with Crippen molar-refractivity contribution in [2.45, 2.75) is 40.0 Å². The van der Waals surface area contributed by atoms with Crippen LogP contribution in [0.5, 0.6) is 0 Å². The van der Waals surface area contributed by atoms with E-state index in [4.69, 9.17) is 14.8 Å². The Hall–Kier alpha value is -4.69. The number of carbonyl (C=O) groups is 1. The number of rotatable bonds is 5. The van der Waals surface area contributed by atoms with Crippen LogP contribution in [0.25, 0.3) is 27.6 Å². The van der Waals surface area contributed by atoms with Gasteiger partial charge in [-0.2, -0.15) is 5.10 Å². The first-order valence-corrected chi connectivity index (χ1v) is 14.8. The van der Waals surface area contributed by atoms with Crippen LogP contribution in [0.15, 0.2) is 78.9 Å². The Labute approximate surface area is 252 Å². The Morgan fingerprint density at radius 1 is 0.837 bits per heavy atom. The average molecular weight is 575 g/mol. The van der Waals surface area contributed by atoms with Crippen LogP contribution >= 0.6 is 0 Å². The van der Waals surface area contributed by atoms with Crippen LogP contribution in [0, 0.1) is 13.8 Å². The van der Waals surface area contributed by atoms with Crippen molar-refractivity contribution >= 4 is 34.1 Å². The lowest BCUT2D eigenvalue weighted by atomic mass is 9.92. The Balaban J connectivity index is 1.29. The number of anilines is 3. The molecule has 43 heavy (non-hydrogen) atoms. The third-order valence-electron chi connectivity index (χ3n) is 7.87. The molecular formula is C35H38N6O2. The fraction of sp³-hybridized carbons (Fsp3) is 0.286. The Bertz CT molecular complexity index is 1780. The molecule has 0 aliphatic carbocycles. The van der Waals surface area contributed by atoms with Crippen LogP contribution in [0.1, 0.15) is 37.7 Å². The van der Waals surface area contributed by atoms with Gasteiger partial charge in [-0.3, -0.25) is 5.32 Å². The molecular weight excluding hydrogens is 536 g/mol. The van der Waals surface area contributed by atoms with E-state index in [2.05, 4.69) is 67.5 Å². The van der Waals surface area contributed by atoms with E-state index < -0.39 is 0 Å². The number of urea groups is 1. The van der Waals surface area contributed by atoms with Gasteiger partial charge in [-0.15, -0.1) is 0 Å². The predicted octanol–water partition coefficient (Wildman–Crippen LogP) is 7.48. The number of aromatic nitrogens is 3. The second-order valence-electron chi connectivity index (χ2n) is 12.1.